The molecule has 0 amide bonds. The van der Waals surface area contributed by atoms with Gasteiger partial charge in [-0.3, -0.25) is 0 Å². The van der Waals surface area contributed by atoms with Gasteiger partial charge in [-0.05, 0) is 31.0 Å². The van der Waals surface area contributed by atoms with E-state index in [1.54, 1.807) is 6.07 Å². The second-order valence-electron chi connectivity index (χ2n) is 5.09. The molecule has 2 rings (SSSR count). The molecule has 1 aromatic rings. The quantitative estimate of drug-likeness (QED) is 0.869. The van der Waals surface area contributed by atoms with Crippen molar-refractivity contribution >= 4 is 10.0 Å². The number of aliphatic hydroxyl groups is 1. The van der Waals surface area contributed by atoms with Crippen molar-refractivity contribution in [2.45, 2.75) is 49.6 Å². The zero-order valence-electron chi connectivity index (χ0n) is 11.6. The van der Waals surface area contributed by atoms with E-state index < -0.39 is 10.0 Å². The summed E-state index contributed by atoms with van der Waals surface area (Å²) in [7, 11) is -2.05. The van der Waals surface area contributed by atoms with Gasteiger partial charge in [0.1, 0.15) is 5.75 Å². The van der Waals surface area contributed by atoms with Crippen molar-refractivity contribution in [1.29, 1.82) is 0 Å². The molecule has 0 unspecified atom stereocenters. The molecule has 5 nitrogen and oxygen atoms in total. The Bertz CT molecular complexity index is 550. The van der Waals surface area contributed by atoms with E-state index in [0.29, 0.717) is 11.3 Å². The van der Waals surface area contributed by atoms with Gasteiger partial charge < -0.3 is 9.84 Å². The third-order valence-electron chi connectivity index (χ3n) is 3.66. The number of benzene rings is 1. The van der Waals surface area contributed by atoms with Gasteiger partial charge in [-0.15, -0.1) is 0 Å². The van der Waals surface area contributed by atoms with Crippen LogP contribution in [0.15, 0.2) is 23.1 Å². The van der Waals surface area contributed by atoms with E-state index in [1.165, 1.54) is 25.7 Å². The van der Waals surface area contributed by atoms with Crippen LogP contribution in [0.3, 0.4) is 0 Å². The molecule has 112 valence electrons. The first-order chi connectivity index (χ1) is 9.56. The molecule has 2 N–H and O–H groups in total. The Morgan fingerprint density at radius 3 is 2.60 bits per heavy atom. The van der Waals surface area contributed by atoms with Crippen LogP contribution in [0.25, 0.3) is 0 Å². The van der Waals surface area contributed by atoms with Gasteiger partial charge in [0.25, 0.3) is 0 Å². The van der Waals surface area contributed by atoms with Crippen molar-refractivity contribution in [3.63, 3.8) is 0 Å². The van der Waals surface area contributed by atoms with Gasteiger partial charge in [0.15, 0.2) is 0 Å². The summed E-state index contributed by atoms with van der Waals surface area (Å²) in [5.74, 6) is 0.490. The van der Waals surface area contributed by atoms with Crippen molar-refractivity contribution < 1.29 is 18.3 Å². The second-order valence-corrected chi connectivity index (χ2v) is 6.80. The SMILES string of the molecule is COc1ccc(S(=O)(=O)NC2CCCCC2)cc1CO. The topological polar surface area (TPSA) is 75.6 Å². The highest BCUT2D eigenvalue weighted by atomic mass is 32.2. The molecule has 0 bridgehead atoms. The number of methoxy groups -OCH3 is 1. The number of sulfonamides is 1. The molecular weight excluding hydrogens is 278 g/mol. The average Bonchev–Trinajstić information content (AvgIpc) is 2.47. The van der Waals surface area contributed by atoms with Gasteiger partial charge in [0.2, 0.25) is 10.0 Å². The van der Waals surface area contributed by atoms with Gasteiger partial charge in [-0.1, -0.05) is 19.3 Å². The van der Waals surface area contributed by atoms with Crippen LogP contribution in [0, 0.1) is 0 Å². The normalized spacial score (nSPS) is 17.1. The summed E-state index contributed by atoms with van der Waals surface area (Å²) in [5, 5.41) is 9.27. The highest BCUT2D eigenvalue weighted by molar-refractivity contribution is 7.89. The standard InChI is InChI=1S/C14H21NO4S/c1-19-14-8-7-13(9-11(14)10-16)20(17,18)15-12-5-3-2-4-6-12/h7-9,12,15-16H,2-6,10H2,1H3. The maximum atomic E-state index is 12.3. The minimum absolute atomic E-state index is 0.0217. The third kappa shape index (κ3) is 3.50. The van der Waals surface area contributed by atoms with Crippen molar-refractivity contribution in [2.24, 2.45) is 0 Å². The predicted molar refractivity (Wildman–Crippen MR) is 76.1 cm³/mol. The molecule has 0 aliphatic heterocycles. The number of hydrogen-bond donors (Lipinski definition) is 2. The molecule has 0 radical (unpaired) electrons. The van der Waals surface area contributed by atoms with E-state index in [1.807, 2.05) is 0 Å². The summed E-state index contributed by atoms with van der Waals surface area (Å²) in [6, 6.07) is 4.56. The van der Waals surface area contributed by atoms with Crippen molar-refractivity contribution in [3.05, 3.63) is 23.8 Å². The van der Waals surface area contributed by atoms with E-state index in [9.17, 15) is 13.5 Å². The molecule has 1 fully saturated rings. The summed E-state index contributed by atoms with van der Waals surface area (Å²) in [5.41, 5.74) is 0.471. The molecule has 0 spiro atoms. The maximum absolute atomic E-state index is 12.3. The number of rotatable bonds is 5. The minimum Gasteiger partial charge on any atom is -0.496 e. The Kier molecular flexibility index (Phi) is 5.01. The van der Waals surface area contributed by atoms with E-state index >= 15 is 0 Å². The molecule has 1 aliphatic rings. The first-order valence-electron chi connectivity index (χ1n) is 6.87. The molecule has 0 aromatic heterocycles. The smallest absolute Gasteiger partial charge is 0.240 e. The largest absolute Gasteiger partial charge is 0.496 e. The zero-order valence-corrected chi connectivity index (χ0v) is 12.4. The Balaban J connectivity index is 2.20. The maximum Gasteiger partial charge on any atom is 0.240 e. The lowest BCUT2D eigenvalue weighted by Crippen LogP contribution is -2.36. The zero-order chi connectivity index (χ0) is 14.6. The van der Waals surface area contributed by atoms with Gasteiger partial charge in [-0.25, -0.2) is 13.1 Å². The fourth-order valence-electron chi connectivity index (χ4n) is 2.55. The Hall–Kier alpha value is -1.11. The van der Waals surface area contributed by atoms with Crippen LogP contribution in [0.2, 0.25) is 0 Å². The van der Waals surface area contributed by atoms with Crippen LogP contribution in [-0.4, -0.2) is 26.7 Å². The first kappa shape index (κ1) is 15.3. The van der Waals surface area contributed by atoms with Crippen LogP contribution in [-0.2, 0) is 16.6 Å². The summed E-state index contributed by atoms with van der Waals surface area (Å²) in [6.45, 7) is -0.254. The molecule has 0 atom stereocenters. The molecule has 20 heavy (non-hydrogen) atoms. The van der Waals surface area contributed by atoms with E-state index in [4.69, 9.17) is 4.74 Å². The first-order valence-corrected chi connectivity index (χ1v) is 8.35. The fourth-order valence-corrected chi connectivity index (χ4v) is 3.91. The van der Waals surface area contributed by atoms with Crippen molar-refractivity contribution in [3.8, 4) is 5.75 Å². The van der Waals surface area contributed by atoms with Crippen LogP contribution >= 0.6 is 0 Å². The predicted octanol–water partition coefficient (Wildman–Crippen LogP) is 1.80. The average molecular weight is 299 g/mol. The van der Waals surface area contributed by atoms with Crippen LogP contribution in [0.5, 0.6) is 5.75 Å². The molecule has 1 aliphatic carbocycles. The monoisotopic (exact) mass is 299 g/mol. The van der Waals surface area contributed by atoms with Crippen molar-refractivity contribution in [1.82, 2.24) is 4.72 Å². The fraction of sp³-hybridized carbons (Fsp3) is 0.571. The van der Waals surface area contributed by atoms with Gasteiger partial charge >= 0.3 is 0 Å². The highest BCUT2D eigenvalue weighted by Crippen LogP contribution is 2.24. The van der Waals surface area contributed by atoms with Crippen LogP contribution in [0.1, 0.15) is 37.7 Å². The van der Waals surface area contributed by atoms with Gasteiger partial charge in [-0.2, -0.15) is 0 Å². The van der Waals surface area contributed by atoms with E-state index in [2.05, 4.69) is 4.72 Å². The Labute approximate surface area is 120 Å². The second kappa shape index (κ2) is 6.56. The Morgan fingerprint density at radius 1 is 1.30 bits per heavy atom. The highest BCUT2D eigenvalue weighted by Gasteiger charge is 2.22. The molecule has 1 aromatic carbocycles. The summed E-state index contributed by atoms with van der Waals surface area (Å²) >= 11 is 0. The lowest BCUT2D eigenvalue weighted by atomic mass is 9.96. The third-order valence-corrected chi connectivity index (χ3v) is 5.18. The molecule has 6 heteroatoms. The minimum atomic E-state index is -3.53. The summed E-state index contributed by atoms with van der Waals surface area (Å²) in [6.07, 6.45) is 5.09. The molecule has 0 heterocycles. The van der Waals surface area contributed by atoms with Crippen LogP contribution < -0.4 is 9.46 Å². The van der Waals surface area contributed by atoms with E-state index in [0.717, 1.165) is 25.7 Å². The Morgan fingerprint density at radius 2 is 2.00 bits per heavy atom. The molecular formula is C14H21NO4S. The number of aliphatic hydroxyl groups excluding tert-OH is 1. The van der Waals surface area contributed by atoms with E-state index in [-0.39, 0.29) is 17.5 Å². The molecule has 1 saturated carbocycles. The van der Waals surface area contributed by atoms with Crippen LogP contribution in [0.4, 0.5) is 0 Å². The lowest BCUT2D eigenvalue weighted by molar-refractivity contribution is 0.273. The molecule has 0 saturated heterocycles. The number of nitrogens with one attached hydrogen (secondary N) is 1. The lowest BCUT2D eigenvalue weighted by Gasteiger charge is -2.22. The number of ether oxygens (including phenoxy) is 1. The van der Waals surface area contributed by atoms with Gasteiger partial charge in [0, 0.05) is 11.6 Å². The summed E-state index contributed by atoms with van der Waals surface area (Å²) < 4.78 is 32.5. The number of hydrogen-bond acceptors (Lipinski definition) is 4. The van der Waals surface area contributed by atoms with Gasteiger partial charge in [0.05, 0.1) is 18.6 Å². The van der Waals surface area contributed by atoms with Crippen molar-refractivity contribution in [2.75, 3.05) is 7.11 Å². The summed E-state index contributed by atoms with van der Waals surface area (Å²) in [4.78, 5) is 0.174.